The van der Waals surface area contributed by atoms with Gasteiger partial charge >= 0.3 is 0 Å². The van der Waals surface area contributed by atoms with Crippen molar-refractivity contribution in [2.45, 2.75) is 26.9 Å². The van der Waals surface area contributed by atoms with Crippen molar-refractivity contribution in [3.63, 3.8) is 0 Å². The van der Waals surface area contributed by atoms with E-state index in [1.807, 2.05) is 5.51 Å². The van der Waals surface area contributed by atoms with E-state index in [4.69, 9.17) is 0 Å². The molecule has 0 atom stereocenters. The fourth-order valence-corrected chi connectivity index (χ4v) is 3.12. The van der Waals surface area contributed by atoms with Gasteiger partial charge in [-0.2, -0.15) is 0 Å². The molecule has 1 heterocycles. The van der Waals surface area contributed by atoms with E-state index in [2.05, 4.69) is 75.6 Å². The van der Waals surface area contributed by atoms with Crippen LogP contribution in [-0.4, -0.2) is 18.6 Å². The zero-order valence-corrected chi connectivity index (χ0v) is 15.2. The third-order valence-corrected chi connectivity index (χ3v) is 4.60. The number of hydrogen-bond acceptors (Lipinski definition) is 4. The number of benzene rings is 1. The third kappa shape index (κ3) is 5.09. The van der Waals surface area contributed by atoms with Crippen molar-refractivity contribution in [2.75, 3.05) is 18.5 Å². The number of rotatable bonds is 7. The predicted octanol–water partition coefficient (Wildman–Crippen LogP) is 4.29. The molecule has 2 rings (SSSR count). The second-order valence-corrected chi connectivity index (χ2v) is 7.21. The van der Waals surface area contributed by atoms with E-state index in [1.165, 1.54) is 11.3 Å². The second-order valence-electron chi connectivity index (χ2n) is 5.64. The summed E-state index contributed by atoms with van der Waals surface area (Å²) in [6, 6.07) is 6.53. The molecule has 0 saturated heterocycles. The number of thiazole rings is 1. The average Bonchev–Trinajstić information content (AvgIpc) is 2.93. The first kappa shape index (κ1) is 16.5. The lowest BCUT2D eigenvalue weighted by Crippen LogP contribution is -2.20. The molecule has 114 valence electrons. The monoisotopic (exact) mass is 367 g/mol. The maximum absolute atomic E-state index is 4.33. The molecule has 0 saturated carbocycles. The van der Waals surface area contributed by atoms with Gasteiger partial charge in [-0.3, -0.25) is 0 Å². The Balaban J connectivity index is 1.97. The van der Waals surface area contributed by atoms with Gasteiger partial charge in [-0.1, -0.05) is 35.8 Å². The Kier molecular flexibility index (Phi) is 6.21. The highest BCUT2D eigenvalue weighted by Crippen LogP contribution is 2.24. The van der Waals surface area contributed by atoms with Crippen LogP contribution in [0.5, 0.6) is 0 Å². The Hall–Kier alpha value is -0.910. The summed E-state index contributed by atoms with van der Waals surface area (Å²) < 4.78 is 1.15. The van der Waals surface area contributed by atoms with E-state index in [0.29, 0.717) is 5.92 Å². The molecular weight excluding hydrogens is 346 g/mol. The van der Waals surface area contributed by atoms with E-state index in [0.717, 1.165) is 29.8 Å². The predicted molar refractivity (Wildman–Crippen MR) is 94.9 cm³/mol. The van der Waals surface area contributed by atoms with Crippen molar-refractivity contribution in [3.8, 4) is 0 Å². The molecule has 1 aromatic heterocycles. The quantitative estimate of drug-likeness (QED) is 0.790. The SMILES string of the molecule is CC(C)CNCc1ccc(N(C)Cc2cscn2)cc1Br. The molecule has 0 spiro atoms. The summed E-state index contributed by atoms with van der Waals surface area (Å²) in [7, 11) is 2.10. The second kappa shape index (κ2) is 7.92. The summed E-state index contributed by atoms with van der Waals surface area (Å²) in [4.78, 5) is 6.55. The first-order chi connectivity index (χ1) is 10.1. The van der Waals surface area contributed by atoms with Crippen LogP contribution >= 0.6 is 27.3 Å². The summed E-state index contributed by atoms with van der Waals surface area (Å²) in [5.41, 5.74) is 5.48. The Labute approximate surface area is 139 Å². The summed E-state index contributed by atoms with van der Waals surface area (Å²) >= 11 is 5.32. The molecule has 0 radical (unpaired) electrons. The van der Waals surface area contributed by atoms with Crippen LogP contribution in [0.1, 0.15) is 25.1 Å². The smallest absolute Gasteiger partial charge is 0.0795 e. The lowest BCUT2D eigenvalue weighted by molar-refractivity contribution is 0.552. The molecule has 0 unspecified atom stereocenters. The minimum absolute atomic E-state index is 0.673. The molecule has 5 heteroatoms. The van der Waals surface area contributed by atoms with E-state index in [1.54, 1.807) is 11.3 Å². The summed E-state index contributed by atoms with van der Waals surface area (Å²) in [5, 5.41) is 5.57. The van der Waals surface area contributed by atoms with Crippen LogP contribution in [0.2, 0.25) is 0 Å². The van der Waals surface area contributed by atoms with Gasteiger partial charge in [0.05, 0.1) is 17.7 Å². The van der Waals surface area contributed by atoms with Crippen LogP contribution in [0.15, 0.2) is 33.6 Å². The molecule has 0 bridgehead atoms. The molecule has 0 aliphatic rings. The largest absolute Gasteiger partial charge is 0.369 e. The summed E-state index contributed by atoms with van der Waals surface area (Å²) in [6.07, 6.45) is 0. The van der Waals surface area contributed by atoms with Gasteiger partial charge in [0.1, 0.15) is 0 Å². The van der Waals surface area contributed by atoms with Crippen LogP contribution in [0, 0.1) is 5.92 Å². The van der Waals surface area contributed by atoms with Gasteiger partial charge in [-0.15, -0.1) is 11.3 Å². The highest BCUT2D eigenvalue weighted by Gasteiger charge is 2.07. The lowest BCUT2D eigenvalue weighted by atomic mass is 10.1. The highest BCUT2D eigenvalue weighted by atomic mass is 79.9. The van der Waals surface area contributed by atoms with E-state index in [9.17, 15) is 0 Å². The van der Waals surface area contributed by atoms with Crippen LogP contribution in [0.4, 0.5) is 5.69 Å². The molecule has 0 aliphatic carbocycles. The highest BCUT2D eigenvalue weighted by molar-refractivity contribution is 9.10. The first-order valence-electron chi connectivity index (χ1n) is 7.13. The fraction of sp³-hybridized carbons (Fsp3) is 0.438. The van der Waals surface area contributed by atoms with Gasteiger partial charge in [-0.05, 0) is 30.2 Å². The van der Waals surface area contributed by atoms with Crippen LogP contribution < -0.4 is 10.2 Å². The third-order valence-electron chi connectivity index (χ3n) is 3.23. The molecule has 0 amide bonds. The molecule has 3 nitrogen and oxygen atoms in total. The number of hydrogen-bond donors (Lipinski definition) is 1. The van der Waals surface area contributed by atoms with E-state index >= 15 is 0 Å². The molecule has 0 fully saturated rings. The normalized spacial score (nSPS) is 11.1. The van der Waals surface area contributed by atoms with Gasteiger partial charge in [0.2, 0.25) is 0 Å². The Morgan fingerprint density at radius 2 is 2.19 bits per heavy atom. The van der Waals surface area contributed by atoms with E-state index < -0.39 is 0 Å². The maximum Gasteiger partial charge on any atom is 0.0795 e. The molecule has 0 aliphatic heterocycles. The lowest BCUT2D eigenvalue weighted by Gasteiger charge is -2.19. The number of nitrogens with zero attached hydrogens (tertiary/aromatic N) is 2. The minimum atomic E-state index is 0.673. The number of aromatic nitrogens is 1. The van der Waals surface area contributed by atoms with E-state index in [-0.39, 0.29) is 0 Å². The Bertz CT molecular complexity index is 555. The summed E-state index contributed by atoms with van der Waals surface area (Å²) in [5.74, 6) is 0.673. The number of halogens is 1. The number of nitrogens with one attached hydrogen (secondary N) is 1. The van der Waals surface area contributed by atoms with Crippen molar-refractivity contribution in [3.05, 3.63) is 44.8 Å². The first-order valence-corrected chi connectivity index (χ1v) is 8.87. The zero-order valence-electron chi connectivity index (χ0n) is 12.8. The van der Waals surface area contributed by atoms with Crippen LogP contribution in [0.3, 0.4) is 0 Å². The molecule has 1 aromatic carbocycles. The Morgan fingerprint density at radius 3 is 2.81 bits per heavy atom. The fourth-order valence-electron chi connectivity index (χ4n) is 2.06. The molecule has 21 heavy (non-hydrogen) atoms. The van der Waals surface area contributed by atoms with Crippen molar-refractivity contribution >= 4 is 33.0 Å². The standard InChI is InChI=1S/C16H22BrN3S/c1-12(2)7-18-8-13-4-5-15(6-16(13)17)20(3)9-14-10-21-11-19-14/h4-6,10-12,18H,7-9H2,1-3H3. The topological polar surface area (TPSA) is 28.2 Å². The van der Waals surface area contributed by atoms with Gasteiger partial charge < -0.3 is 10.2 Å². The molecular formula is C16H22BrN3S. The van der Waals surface area contributed by atoms with Gasteiger partial charge in [0.25, 0.3) is 0 Å². The zero-order chi connectivity index (χ0) is 15.2. The van der Waals surface area contributed by atoms with Crippen molar-refractivity contribution in [1.82, 2.24) is 10.3 Å². The average molecular weight is 368 g/mol. The number of anilines is 1. The molecule has 1 N–H and O–H groups in total. The van der Waals surface area contributed by atoms with Gasteiger partial charge in [-0.25, -0.2) is 4.98 Å². The van der Waals surface area contributed by atoms with Crippen LogP contribution in [0.25, 0.3) is 0 Å². The summed E-state index contributed by atoms with van der Waals surface area (Å²) in [6.45, 7) is 7.21. The van der Waals surface area contributed by atoms with Gasteiger partial charge in [0, 0.05) is 29.1 Å². The maximum atomic E-state index is 4.33. The minimum Gasteiger partial charge on any atom is -0.369 e. The van der Waals surface area contributed by atoms with Crippen molar-refractivity contribution < 1.29 is 0 Å². The van der Waals surface area contributed by atoms with Crippen molar-refractivity contribution in [2.24, 2.45) is 5.92 Å². The Morgan fingerprint density at radius 1 is 1.38 bits per heavy atom. The van der Waals surface area contributed by atoms with Gasteiger partial charge in [0.15, 0.2) is 0 Å². The van der Waals surface area contributed by atoms with Crippen LogP contribution in [-0.2, 0) is 13.1 Å². The van der Waals surface area contributed by atoms with Crippen molar-refractivity contribution in [1.29, 1.82) is 0 Å². The molecule has 2 aromatic rings.